The highest BCUT2D eigenvalue weighted by Gasteiger charge is 2.56. The normalized spacial score (nSPS) is 15.5. The van der Waals surface area contributed by atoms with E-state index < -0.39 is 29.7 Å². The predicted molar refractivity (Wildman–Crippen MR) is 46.4 cm³/mol. The van der Waals surface area contributed by atoms with Gasteiger partial charge in [-0.15, -0.1) is 0 Å². The second kappa shape index (κ2) is 4.09. The molecule has 0 saturated heterocycles. The summed E-state index contributed by atoms with van der Waals surface area (Å²) in [5.74, 6) is -1.74. The fourth-order valence-corrected chi connectivity index (χ4v) is 1.21. The predicted octanol–water partition coefficient (Wildman–Crippen LogP) is 1.31. The lowest BCUT2D eigenvalue weighted by molar-refractivity contribution is -0.269. The molecule has 0 radical (unpaired) electrons. The number of aromatic nitrogens is 1. The SMILES string of the molecule is O=C(O)CC(O)(c1ccncc1)C(F)(F)F. The third-order valence-corrected chi connectivity index (χ3v) is 2.03. The van der Waals surface area contributed by atoms with Gasteiger partial charge in [0, 0.05) is 12.4 Å². The fraction of sp³-hybridized carbons (Fsp3) is 0.333. The van der Waals surface area contributed by atoms with Crippen LogP contribution < -0.4 is 0 Å². The van der Waals surface area contributed by atoms with Gasteiger partial charge in [-0.25, -0.2) is 0 Å². The molecule has 1 heterocycles. The van der Waals surface area contributed by atoms with Gasteiger partial charge in [-0.1, -0.05) is 0 Å². The molecule has 0 amide bonds. The third-order valence-electron chi connectivity index (χ3n) is 2.03. The number of aliphatic hydroxyl groups is 1. The van der Waals surface area contributed by atoms with E-state index in [9.17, 15) is 23.1 Å². The Balaban J connectivity index is 3.21. The first-order valence-electron chi connectivity index (χ1n) is 4.19. The van der Waals surface area contributed by atoms with Gasteiger partial charge in [-0.05, 0) is 17.7 Å². The van der Waals surface area contributed by atoms with Gasteiger partial charge in [0.15, 0.2) is 5.60 Å². The minimum Gasteiger partial charge on any atom is -0.481 e. The smallest absolute Gasteiger partial charge is 0.422 e. The Morgan fingerprint density at radius 1 is 1.31 bits per heavy atom. The van der Waals surface area contributed by atoms with Gasteiger partial charge in [-0.2, -0.15) is 13.2 Å². The molecule has 16 heavy (non-hydrogen) atoms. The van der Waals surface area contributed by atoms with Crippen LogP contribution in [0, 0.1) is 0 Å². The molecule has 0 aliphatic rings. The van der Waals surface area contributed by atoms with Crippen molar-refractivity contribution in [3.8, 4) is 0 Å². The van der Waals surface area contributed by atoms with Crippen LogP contribution in [0.15, 0.2) is 24.5 Å². The van der Waals surface area contributed by atoms with Crippen LogP contribution in [-0.4, -0.2) is 27.3 Å². The van der Waals surface area contributed by atoms with Gasteiger partial charge in [0.1, 0.15) is 0 Å². The summed E-state index contributed by atoms with van der Waals surface area (Å²) >= 11 is 0. The maximum absolute atomic E-state index is 12.6. The summed E-state index contributed by atoms with van der Waals surface area (Å²) in [6.07, 6.45) is -4.41. The summed E-state index contributed by atoms with van der Waals surface area (Å²) in [6.45, 7) is 0. The first-order chi connectivity index (χ1) is 7.27. The van der Waals surface area contributed by atoms with Crippen molar-refractivity contribution in [3.63, 3.8) is 0 Å². The Morgan fingerprint density at radius 2 is 1.81 bits per heavy atom. The number of halogens is 3. The van der Waals surface area contributed by atoms with Crippen molar-refractivity contribution < 1.29 is 28.2 Å². The van der Waals surface area contributed by atoms with Crippen LogP contribution in [0.1, 0.15) is 12.0 Å². The number of carboxylic acids is 1. The molecule has 88 valence electrons. The molecule has 0 aromatic carbocycles. The Labute approximate surface area is 88.4 Å². The molecule has 1 aromatic heterocycles. The number of alkyl halides is 3. The van der Waals surface area contributed by atoms with E-state index in [-0.39, 0.29) is 0 Å². The van der Waals surface area contributed by atoms with Crippen LogP contribution in [0.4, 0.5) is 13.2 Å². The Kier molecular flexibility index (Phi) is 3.18. The Hall–Kier alpha value is -1.63. The maximum atomic E-state index is 12.6. The van der Waals surface area contributed by atoms with Gasteiger partial charge >= 0.3 is 12.1 Å². The van der Waals surface area contributed by atoms with Gasteiger partial charge in [0.2, 0.25) is 0 Å². The van der Waals surface area contributed by atoms with Crippen molar-refractivity contribution in [1.29, 1.82) is 0 Å². The van der Waals surface area contributed by atoms with Crippen molar-refractivity contribution in [2.75, 3.05) is 0 Å². The van der Waals surface area contributed by atoms with Crippen LogP contribution in [-0.2, 0) is 10.4 Å². The second-order valence-electron chi connectivity index (χ2n) is 3.16. The Morgan fingerprint density at radius 3 is 2.19 bits per heavy atom. The van der Waals surface area contributed by atoms with Crippen LogP contribution in [0.2, 0.25) is 0 Å². The van der Waals surface area contributed by atoms with Gasteiger partial charge < -0.3 is 10.2 Å². The maximum Gasteiger partial charge on any atom is 0.422 e. The molecular weight excluding hydrogens is 227 g/mol. The Bertz CT molecular complexity index is 379. The second-order valence-corrected chi connectivity index (χ2v) is 3.16. The van der Waals surface area contributed by atoms with Crippen LogP contribution >= 0.6 is 0 Å². The quantitative estimate of drug-likeness (QED) is 0.828. The number of aliphatic carboxylic acids is 1. The van der Waals surface area contributed by atoms with E-state index in [1.165, 1.54) is 0 Å². The fourth-order valence-electron chi connectivity index (χ4n) is 1.21. The van der Waals surface area contributed by atoms with E-state index in [0.29, 0.717) is 0 Å². The molecule has 0 aliphatic heterocycles. The number of nitrogens with zero attached hydrogens (tertiary/aromatic N) is 1. The number of carboxylic acid groups (broad SMARTS) is 1. The van der Waals surface area contributed by atoms with E-state index >= 15 is 0 Å². The number of hydrogen-bond donors (Lipinski definition) is 2. The molecule has 1 atom stereocenters. The third kappa shape index (κ3) is 2.30. The molecule has 4 nitrogen and oxygen atoms in total. The number of rotatable bonds is 3. The van der Waals surface area contributed by atoms with E-state index in [0.717, 1.165) is 24.5 Å². The van der Waals surface area contributed by atoms with Crippen molar-refractivity contribution >= 4 is 5.97 Å². The molecule has 0 saturated carbocycles. The van der Waals surface area contributed by atoms with Crippen molar-refractivity contribution in [2.45, 2.75) is 18.2 Å². The van der Waals surface area contributed by atoms with E-state index in [2.05, 4.69) is 4.98 Å². The summed E-state index contributed by atoms with van der Waals surface area (Å²) < 4.78 is 37.8. The summed E-state index contributed by atoms with van der Waals surface area (Å²) in [7, 11) is 0. The van der Waals surface area contributed by atoms with E-state index in [1.807, 2.05) is 0 Å². The molecular formula is C9H8F3NO3. The van der Waals surface area contributed by atoms with Crippen molar-refractivity contribution in [2.24, 2.45) is 0 Å². The monoisotopic (exact) mass is 235 g/mol. The van der Waals surface area contributed by atoms with Gasteiger partial charge in [0.25, 0.3) is 0 Å². The standard InChI is InChI=1S/C9H8F3NO3/c10-9(11,12)8(16,5-7(14)15)6-1-3-13-4-2-6/h1-4,16H,5H2,(H,14,15). The number of pyridine rings is 1. The van der Waals surface area contributed by atoms with Crippen LogP contribution in [0.25, 0.3) is 0 Å². The van der Waals surface area contributed by atoms with Crippen molar-refractivity contribution in [1.82, 2.24) is 4.98 Å². The largest absolute Gasteiger partial charge is 0.481 e. The van der Waals surface area contributed by atoms with Crippen LogP contribution in [0.5, 0.6) is 0 Å². The first-order valence-corrected chi connectivity index (χ1v) is 4.19. The highest BCUT2D eigenvalue weighted by Crippen LogP contribution is 2.41. The summed E-state index contributed by atoms with van der Waals surface area (Å²) in [6, 6.07) is 1.85. The summed E-state index contributed by atoms with van der Waals surface area (Å²) in [5, 5.41) is 17.9. The minimum atomic E-state index is -5.06. The number of hydrogen-bond acceptors (Lipinski definition) is 3. The highest BCUT2D eigenvalue weighted by atomic mass is 19.4. The van der Waals surface area contributed by atoms with E-state index in [1.54, 1.807) is 0 Å². The van der Waals surface area contributed by atoms with Gasteiger partial charge in [0.05, 0.1) is 6.42 Å². The summed E-state index contributed by atoms with van der Waals surface area (Å²) in [5.41, 5.74) is -3.93. The molecule has 7 heteroatoms. The van der Waals surface area contributed by atoms with E-state index in [4.69, 9.17) is 5.11 Å². The van der Waals surface area contributed by atoms with Gasteiger partial charge in [-0.3, -0.25) is 9.78 Å². The van der Waals surface area contributed by atoms with Crippen molar-refractivity contribution in [3.05, 3.63) is 30.1 Å². The molecule has 0 bridgehead atoms. The molecule has 0 fully saturated rings. The average Bonchev–Trinajstić information content (AvgIpc) is 2.16. The van der Waals surface area contributed by atoms with Crippen LogP contribution in [0.3, 0.4) is 0 Å². The lowest BCUT2D eigenvalue weighted by Crippen LogP contribution is -2.44. The summed E-state index contributed by atoms with van der Waals surface area (Å²) in [4.78, 5) is 13.9. The topological polar surface area (TPSA) is 70.4 Å². The molecule has 1 unspecified atom stereocenters. The molecule has 2 N–H and O–H groups in total. The zero-order chi connectivity index (χ0) is 12.4. The zero-order valence-electron chi connectivity index (χ0n) is 7.90. The first kappa shape index (κ1) is 12.4. The highest BCUT2D eigenvalue weighted by molar-refractivity contribution is 5.68. The average molecular weight is 235 g/mol. The lowest BCUT2D eigenvalue weighted by Gasteiger charge is -2.29. The molecule has 1 rings (SSSR count). The number of carbonyl (C=O) groups is 1. The molecule has 1 aromatic rings. The zero-order valence-corrected chi connectivity index (χ0v) is 7.90. The minimum absolute atomic E-state index is 0.544. The lowest BCUT2D eigenvalue weighted by atomic mass is 9.90. The molecule has 0 spiro atoms. The molecule has 0 aliphatic carbocycles.